The molecular formula is C12H15N3O. The molecule has 1 aromatic heterocycles. The SMILES string of the molecule is Oc1ccc2cnn(C3CCNCC3)c2c1. The summed E-state index contributed by atoms with van der Waals surface area (Å²) in [5, 5.41) is 18.4. The lowest BCUT2D eigenvalue weighted by molar-refractivity contribution is 0.351. The van der Waals surface area contributed by atoms with Crippen molar-refractivity contribution < 1.29 is 5.11 Å². The Morgan fingerprint density at radius 1 is 1.31 bits per heavy atom. The molecule has 1 aromatic carbocycles. The number of hydrogen-bond acceptors (Lipinski definition) is 3. The van der Waals surface area contributed by atoms with Crippen LogP contribution in [0, 0.1) is 0 Å². The van der Waals surface area contributed by atoms with Gasteiger partial charge >= 0.3 is 0 Å². The monoisotopic (exact) mass is 217 g/mol. The molecule has 3 rings (SSSR count). The van der Waals surface area contributed by atoms with Gasteiger partial charge < -0.3 is 10.4 Å². The highest BCUT2D eigenvalue weighted by molar-refractivity contribution is 5.80. The molecule has 1 aliphatic rings. The molecule has 2 N–H and O–H groups in total. The molecule has 1 saturated heterocycles. The van der Waals surface area contributed by atoms with Crippen LogP contribution in [0.25, 0.3) is 10.9 Å². The summed E-state index contributed by atoms with van der Waals surface area (Å²) < 4.78 is 2.05. The van der Waals surface area contributed by atoms with Gasteiger partial charge in [0.15, 0.2) is 0 Å². The molecule has 2 heterocycles. The number of aromatic hydroxyl groups is 1. The fourth-order valence-corrected chi connectivity index (χ4v) is 2.37. The second-order valence-electron chi connectivity index (χ2n) is 4.31. The summed E-state index contributed by atoms with van der Waals surface area (Å²) in [7, 11) is 0. The minimum absolute atomic E-state index is 0.309. The molecule has 4 heteroatoms. The standard InChI is InChI=1S/C12H15N3O/c16-11-2-1-9-8-14-15(12(9)7-11)10-3-5-13-6-4-10/h1-2,7-8,10,13,16H,3-6H2. The average Bonchev–Trinajstić information content (AvgIpc) is 2.73. The van der Waals surface area contributed by atoms with E-state index in [2.05, 4.69) is 15.1 Å². The van der Waals surface area contributed by atoms with Crippen molar-refractivity contribution in [1.29, 1.82) is 0 Å². The molecule has 84 valence electrons. The molecule has 2 aromatic rings. The number of benzene rings is 1. The molecule has 0 aliphatic carbocycles. The average molecular weight is 217 g/mol. The van der Waals surface area contributed by atoms with Crippen LogP contribution in [0.4, 0.5) is 0 Å². The van der Waals surface area contributed by atoms with E-state index in [1.54, 1.807) is 12.1 Å². The van der Waals surface area contributed by atoms with E-state index in [0.29, 0.717) is 11.8 Å². The highest BCUT2D eigenvalue weighted by Gasteiger charge is 2.17. The summed E-state index contributed by atoms with van der Waals surface area (Å²) in [6, 6.07) is 5.87. The Hall–Kier alpha value is -1.55. The molecule has 0 radical (unpaired) electrons. The van der Waals surface area contributed by atoms with Crippen molar-refractivity contribution in [2.24, 2.45) is 0 Å². The Kier molecular flexibility index (Phi) is 2.29. The predicted octanol–water partition coefficient (Wildman–Crippen LogP) is 1.67. The molecule has 0 amide bonds. The number of phenols is 1. The number of piperidine rings is 1. The summed E-state index contributed by atoms with van der Waals surface area (Å²) in [5.41, 5.74) is 1.03. The summed E-state index contributed by atoms with van der Waals surface area (Å²) >= 11 is 0. The van der Waals surface area contributed by atoms with Crippen LogP contribution in [-0.4, -0.2) is 28.0 Å². The number of nitrogens with one attached hydrogen (secondary N) is 1. The van der Waals surface area contributed by atoms with Gasteiger partial charge in [-0.15, -0.1) is 0 Å². The molecule has 16 heavy (non-hydrogen) atoms. The summed E-state index contributed by atoms with van der Waals surface area (Å²) in [5.74, 6) is 0.309. The largest absolute Gasteiger partial charge is 0.508 e. The third-order valence-electron chi connectivity index (χ3n) is 3.24. The maximum Gasteiger partial charge on any atom is 0.117 e. The predicted molar refractivity (Wildman–Crippen MR) is 62.5 cm³/mol. The van der Waals surface area contributed by atoms with E-state index in [1.165, 1.54) is 0 Å². The van der Waals surface area contributed by atoms with Crippen LogP contribution in [0.3, 0.4) is 0 Å². The molecule has 0 spiro atoms. The lowest BCUT2D eigenvalue weighted by Crippen LogP contribution is -2.29. The van der Waals surface area contributed by atoms with Gasteiger partial charge in [-0.2, -0.15) is 5.10 Å². The van der Waals surface area contributed by atoms with Crippen molar-refractivity contribution in [1.82, 2.24) is 15.1 Å². The van der Waals surface area contributed by atoms with Crippen LogP contribution in [-0.2, 0) is 0 Å². The summed E-state index contributed by atoms with van der Waals surface area (Å²) in [4.78, 5) is 0. The van der Waals surface area contributed by atoms with E-state index < -0.39 is 0 Å². The van der Waals surface area contributed by atoms with Crippen molar-refractivity contribution in [3.8, 4) is 5.75 Å². The Labute approximate surface area is 93.9 Å². The fourth-order valence-electron chi connectivity index (χ4n) is 2.37. The minimum Gasteiger partial charge on any atom is -0.508 e. The number of phenolic OH excluding ortho intramolecular Hbond substituents is 1. The number of nitrogens with zero attached hydrogens (tertiary/aromatic N) is 2. The third-order valence-corrected chi connectivity index (χ3v) is 3.24. The maximum atomic E-state index is 9.52. The van der Waals surface area contributed by atoms with Crippen LogP contribution in [0.15, 0.2) is 24.4 Å². The molecular weight excluding hydrogens is 202 g/mol. The lowest BCUT2D eigenvalue weighted by atomic mass is 10.1. The zero-order valence-electron chi connectivity index (χ0n) is 9.06. The highest BCUT2D eigenvalue weighted by atomic mass is 16.3. The lowest BCUT2D eigenvalue weighted by Gasteiger charge is -2.23. The van der Waals surface area contributed by atoms with Crippen LogP contribution in [0.2, 0.25) is 0 Å². The van der Waals surface area contributed by atoms with Crippen molar-refractivity contribution in [3.05, 3.63) is 24.4 Å². The number of aromatic nitrogens is 2. The van der Waals surface area contributed by atoms with Gasteiger partial charge in [0.2, 0.25) is 0 Å². The number of fused-ring (bicyclic) bond motifs is 1. The molecule has 1 fully saturated rings. The van der Waals surface area contributed by atoms with Gasteiger partial charge in [0.25, 0.3) is 0 Å². The van der Waals surface area contributed by atoms with E-state index in [-0.39, 0.29) is 0 Å². The third kappa shape index (κ3) is 1.55. The molecule has 0 atom stereocenters. The first kappa shape index (κ1) is 9.66. The Morgan fingerprint density at radius 2 is 2.12 bits per heavy atom. The Morgan fingerprint density at radius 3 is 2.94 bits per heavy atom. The molecule has 0 saturated carbocycles. The van der Waals surface area contributed by atoms with Crippen LogP contribution in [0.5, 0.6) is 5.75 Å². The van der Waals surface area contributed by atoms with Crippen molar-refractivity contribution >= 4 is 10.9 Å². The van der Waals surface area contributed by atoms with Gasteiger partial charge in [-0.1, -0.05) is 0 Å². The van der Waals surface area contributed by atoms with Gasteiger partial charge in [-0.25, -0.2) is 0 Å². The van der Waals surface area contributed by atoms with E-state index in [9.17, 15) is 5.11 Å². The van der Waals surface area contributed by atoms with Gasteiger partial charge in [-0.3, -0.25) is 4.68 Å². The number of rotatable bonds is 1. The summed E-state index contributed by atoms with van der Waals surface area (Å²) in [6.07, 6.45) is 4.08. The zero-order chi connectivity index (χ0) is 11.0. The number of hydrogen-bond donors (Lipinski definition) is 2. The van der Waals surface area contributed by atoms with Gasteiger partial charge in [-0.05, 0) is 38.1 Å². The topological polar surface area (TPSA) is 50.1 Å². The molecule has 0 bridgehead atoms. The first-order chi connectivity index (χ1) is 7.84. The first-order valence-electron chi connectivity index (χ1n) is 5.71. The Bertz CT molecular complexity index is 500. The quantitative estimate of drug-likeness (QED) is 0.764. The van der Waals surface area contributed by atoms with Crippen molar-refractivity contribution in [3.63, 3.8) is 0 Å². The normalized spacial score (nSPS) is 18.0. The van der Waals surface area contributed by atoms with Crippen LogP contribution < -0.4 is 5.32 Å². The van der Waals surface area contributed by atoms with E-state index in [1.807, 2.05) is 12.3 Å². The Balaban J connectivity index is 2.05. The summed E-state index contributed by atoms with van der Waals surface area (Å²) in [6.45, 7) is 2.09. The van der Waals surface area contributed by atoms with Crippen molar-refractivity contribution in [2.45, 2.75) is 18.9 Å². The zero-order valence-corrected chi connectivity index (χ0v) is 9.06. The minimum atomic E-state index is 0.309. The first-order valence-corrected chi connectivity index (χ1v) is 5.71. The molecule has 1 aliphatic heterocycles. The van der Waals surface area contributed by atoms with Crippen molar-refractivity contribution in [2.75, 3.05) is 13.1 Å². The van der Waals surface area contributed by atoms with Gasteiger partial charge in [0.05, 0.1) is 17.8 Å². The van der Waals surface area contributed by atoms with E-state index >= 15 is 0 Å². The van der Waals surface area contributed by atoms with Crippen LogP contribution >= 0.6 is 0 Å². The van der Waals surface area contributed by atoms with Gasteiger partial charge in [0.1, 0.15) is 5.75 Å². The van der Waals surface area contributed by atoms with E-state index in [0.717, 1.165) is 36.8 Å². The second kappa shape index (κ2) is 3.79. The molecule has 4 nitrogen and oxygen atoms in total. The smallest absolute Gasteiger partial charge is 0.117 e. The second-order valence-corrected chi connectivity index (χ2v) is 4.31. The molecule has 0 unspecified atom stereocenters. The maximum absolute atomic E-state index is 9.52. The van der Waals surface area contributed by atoms with E-state index in [4.69, 9.17) is 0 Å². The van der Waals surface area contributed by atoms with Crippen LogP contribution in [0.1, 0.15) is 18.9 Å². The highest BCUT2D eigenvalue weighted by Crippen LogP contribution is 2.26. The van der Waals surface area contributed by atoms with Gasteiger partial charge in [0, 0.05) is 11.5 Å². The fraction of sp³-hybridized carbons (Fsp3) is 0.417.